The molecule has 12 atom stereocenters. The second-order valence-corrected chi connectivity index (χ2v) is 30.9. The molecular formula is C70H96FN9O10S2. The Morgan fingerprint density at radius 3 is 1.96 bits per heavy atom. The molecule has 1 aromatic heterocycles. The summed E-state index contributed by atoms with van der Waals surface area (Å²) < 4.78 is 53.4. The van der Waals surface area contributed by atoms with E-state index in [1.807, 2.05) is 150 Å². The molecule has 12 unspecified atom stereocenters. The van der Waals surface area contributed by atoms with Crippen LogP contribution in [0.1, 0.15) is 114 Å². The van der Waals surface area contributed by atoms with Gasteiger partial charge in [-0.15, -0.1) is 0 Å². The number of carbonyl (C=O) groups excluding carboxylic acids is 4. The van der Waals surface area contributed by atoms with E-state index in [1.54, 1.807) is 6.20 Å². The standard InChI is InChI=1S/C36H47N5O4.C34H49FN4O6S2/c1-36(2,3)39-35(45)31-24-40(22-26-12-9-15-37-21-26)16-17-41(31)23-29(42)19-28(18-25-10-5-4-6-11-25)34(44)38-33-30-14-8-7-13-27(30)20-32(33)43;1-34(2,3)37-33(42)30-19-24-12-8-9-13-25(24)20-39(30)21-31(40)28(18-23-10-6-5-7-11-23)36-32(41)29(38-47(4,44)45)22-46(43)27-16-14-26(35)15-17-27/h4-15,21,28-29,31-33,42-43H,16-20,22-24H2,1-3H3,(H,38,44)(H,39,45);5-7,10-11,14-17,24-25,28-31,38,40H,8-9,12-13,18-22H2,1-4H3,(H,36,41)(H,37,42). The average molecular weight is 1310 g/mol. The van der Waals surface area contributed by atoms with Crippen LogP contribution >= 0.6 is 0 Å². The Morgan fingerprint density at radius 1 is 0.717 bits per heavy atom. The van der Waals surface area contributed by atoms with Crippen LogP contribution in [-0.4, -0.2) is 176 Å². The van der Waals surface area contributed by atoms with Crippen LogP contribution in [0.5, 0.6) is 0 Å². The van der Waals surface area contributed by atoms with Crippen molar-refractivity contribution in [1.29, 1.82) is 0 Å². The molecule has 92 heavy (non-hydrogen) atoms. The molecule has 2 aliphatic carbocycles. The first-order valence-corrected chi connectivity index (χ1v) is 35.5. The van der Waals surface area contributed by atoms with Crippen molar-refractivity contribution in [3.05, 3.63) is 167 Å². The van der Waals surface area contributed by atoms with Gasteiger partial charge < -0.3 is 36.6 Å². The highest BCUT2D eigenvalue weighted by atomic mass is 32.2. The Bertz CT molecular complexity index is 3340. The predicted molar refractivity (Wildman–Crippen MR) is 355 cm³/mol. The number of hydrogen-bond donors (Lipinski definition) is 8. The van der Waals surface area contributed by atoms with Crippen molar-refractivity contribution >= 4 is 44.5 Å². The first-order chi connectivity index (χ1) is 43.6. The van der Waals surface area contributed by atoms with Gasteiger partial charge in [-0.1, -0.05) is 110 Å². The maximum absolute atomic E-state index is 13.8. The summed E-state index contributed by atoms with van der Waals surface area (Å²) in [7, 11) is -5.74. The van der Waals surface area contributed by atoms with Gasteiger partial charge in [-0.3, -0.25) is 43.1 Å². The van der Waals surface area contributed by atoms with E-state index in [9.17, 15) is 51.5 Å². The smallest absolute Gasteiger partial charge is 0.239 e. The van der Waals surface area contributed by atoms with Crippen molar-refractivity contribution in [3.63, 3.8) is 0 Å². The number of fused-ring (bicyclic) bond motifs is 2. The molecular weight excluding hydrogens is 1210 g/mol. The third kappa shape index (κ3) is 21.9. The summed E-state index contributed by atoms with van der Waals surface area (Å²) in [4.78, 5) is 65.5. The number of aliphatic hydroxyl groups excluding tert-OH is 3. The molecule has 22 heteroatoms. The number of β-amino-alcohol motifs (C(OH)–C–C–N with tert-alkyl or cyclic N) is 2. The number of nitrogens with zero attached hydrogens (tertiary/aromatic N) is 4. The molecule has 4 aromatic carbocycles. The quantitative estimate of drug-likeness (QED) is 0.0374. The van der Waals surface area contributed by atoms with E-state index >= 15 is 0 Å². The zero-order valence-corrected chi connectivity index (χ0v) is 55.9. The van der Waals surface area contributed by atoms with Crippen LogP contribution in [0.3, 0.4) is 0 Å². The highest BCUT2D eigenvalue weighted by Gasteiger charge is 2.43. The highest BCUT2D eigenvalue weighted by molar-refractivity contribution is 7.89. The zero-order chi connectivity index (χ0) is 66.3. The highest BCUT2D eigenvalue weighted by Crippen LogP contribution is 2.39. The monoisotopic (exact) mass is 1310 g/mol. The fourth-order valence-corrected chi connectivity index (χ4v) is 15.2. The summed E-state index contributed by atoms with van der Waals surface area (Å²) in [5.74, 6) is -1.67. The van der Waals surface area contributed by atoms with Gasteiger partial charge in [0, 0.05) is 86.5 Å². The predicted octanol–water partition coefficient (Wildman–Crippen LogP) is 5.60. The molecule has 4 amide bonds. The summed E-state index contributed by atoms with van der Waals surface area (Å²) in [6, 6.07) is 32.1. The average Bonchev–Trinajstić information content (AvgIpc) is 1.46. The molecule has 1 saturated carbocycles. The number of halogens is 1. The van der Waals surface area contributed by atoms with E-state index in [-0.39, 0.29) is 48.5 Å². The lowest BCUT2D eigenvalue weighted by Gasteiger charge is -2.47. The normalized spacial score (nSPS) is 22.6. The van der Waals surface area contributed by atoms with Crippen LogP contribution in [0.25, 0.3) is 0 Å². The topological polar surface area (TPSA) is 263 Å². The van der Waals surface area contributed by atoms with Crippen LogP contribution < -0.4 is 26.0 Å². The van der Waals surface area contributed by atoms with E-state index in [0.29, 0.717) is 57.3 Å². The first kappa shape index (κ1) is 71.5. The fraction of sp³-hybridized carbons (Fsp3) is 0.529. The third-order valence-electron chi connectivity index (χ3n) is 17.6. The Kier molecular flexibility index (Phi) is 25.4. The van der Waals surface area contributed by atoms with Crippen LogP contribution in [0.4, 0.5) is 4.39 Å². The Morgan fingerprint density at radius 2 is 1.33 bits per heavy atom. The molecule has 2 aliphatic heterocycles. The number of piperazine rings is 1. The number of benzene rings is 4. The number of sulfonamides is 1. The van der Waals surface area contributed by atoms with Crippen molar-refractivity contribution in [2.75, 3.05) is 51.3 Å². The van der Waals surface area contributed by atoms with Crippen LogP contribution in [0.15, 0.2) is 139 Å². The van der Waals surface area contributed by atoms with E-state index in [1.165, 1.54) is 12.1 Å². The number of carbonyl (C=O) groups is 4. The van der Waals surface area contributed by atoms with Crippen LogP contribution in [-0.2, 0) is 65.8 Å². The van der Waals surface area contributed by atoms with Gasteiger partial charge in [-0.25, -0.2) is 17.5 Å². The number of rotatable bonds is 24. The lowest BCUT2D eigenvalue weighted by Crippen LogP contribution is -2.61. The first-order valence-electron chi connectivity index (χ1n) is 32.3. The summed E-state index contributed by atoms with van der Waals surface area (Å²) >= 11 is 0. The van der Waals surface area contributed by atoms with Crippen molar-refractivity contribution in [1.82, 2.24) is 45.7 Å². The fourth-order valence-electron chi connectivity index (χ4n) is 13.2. The van der Waals surface area contributed by atoms with Crippen molar-refractivity contribution in [2.45, 2.75) is 170 Å². The molecule has 3 heterocycles. The maximum Gasteiger partial charge on any atom is 0.239 e. The molecule has 500 valence electrons. The second-order valence-electron chi connectivity index (χ2n) is 27.6. The van der Waals surface area contributed by atoms with Gasteiger partial charge in [0.25, 0.3) is 0 Å². The van der Waals surface area contributed by atoms with E-state index in [0.717, 1.165) is 78.4 Å². The SMILES string of the molecule is CC(C)(C)NC(=O)C1CC2CCCCC2CN1CC(O)C(Cc1ccccc1)NC(=O)C(CS(=O)c1ccc(F)cc1)NS(C)(=O)=O.CC(C)(C)NC(=O)C1CN(Cc2cccnc2)CCN1CC(O)CC(Cc1ccccc1)C(=O)NC1c2ccccc2CC1O. The minimum absolute atomic E-state index is 0.0712. The van der Waals surface area contributed by atoms with E-state index in [2.05, 4.69) is 40.8 Å². The number of aromatic nitrogens is 1. The van der Waals surface area contributed by atoms with Gasteiger partial charge in [-0.2, -0.15) is 0 Å². The van der Waals surface area contributed by atoms with Gasteiger partial charge in [0.05, 0.1) is 59.2 Å². The second kappa shape index (κ2) is 32.7. The molecule has 5 aromatic rings. The number of hydrogen-bond acceptors (Lipinski definition) is 14. The molecule has 0 radical (unpaired) electrons. The van der Waals surface area contributed by atoms with Gasteiger partial charge >= 0.3 is 0 Å². The summed E-state index contributed by atoms with van der Waals surface area (Å²) in [5.41, 5.74) is 4.09. The lowest BCUT2D eigenvalue weighted by molar-refractivity contribution is -0.133. The number of nitrogens with one attached hydrogen (secondary N) is 5. The number of amides is 4. The van der Waals surface area contributed by atoms with Gasteiger partial charge in [0.1, 0.15) is 17.9 Å². The van der Waals surface area contributed by atoms with Crippen molar-refractivity contribution in [2.24, 2.45) is 17.8 Å². The zero-order valence-electron chi connectivity index (χ0n) is 54.3. The molecule has 4 aliphatic rings. The molecule has 3 fully saturated rings. The Balaban J connectivity index is 0.000000237. The van der Waals surface area contributed by atoms with Crippen LogP contribution in [0, 0.1) is 23.6 Å². The Hall–Kier alpha value is -6.34. The largest absolute Gasteiger partial charge is 0.392 e. The number of aliphatic hydroxyl groups is 3. The van der Waals surface area contributed by atoms with Gasteiger partial charge in [-0.05, 0) is 144 Å². The molecule has 9 rings (SSSR count). The Labute approximate surface area is 545 Å². The number of piperidine rings is 1. The lowest BCUT2D eigenvalue weighted by atomic mass is 9.72. The molecule has 2 saturated heterocycles. The molecule has 8 N–H and O–H groups in total. The van der Waals surface area contributed by atoms with E-state index < -0.39 is 104 Å². The maximum atomic E-state index is 13.8. The third-order valence-corrected chi connectivity index (χ3v) is 19.7. The summed E-state index contributed by atoms with van der Waals surface area (Å²) in [6.45, 7) is 15.3. The van der Waals surface area contributed by atoms with Crippen molar-refractivity contribution in [3.8, 4) is 0 Å². The van der Waals surface area contributed by atoms with E-state index in [4.69, 9.17) is 0 Å². The summed E-state index contributed by atoms with van der Waals surface area (Å²) in [5, 5.41) is 46.2. The van der Waals surface area contributed by atoms with Crippen LogP contribution in [0.2, 0.25) is 0 Å². The molecule has 0 spiro atoms. The van der Waals surface area contributed by atoms with Crippen molar-refractivity contribution < 1.29 is 51.5 Å². The number of likely N-dealkylation sites (tertiary alicyclic amines) is 1. The minimum Gasteiger partial charge on any atom is -0.392 e. The number of pyridine rings is 1. The minimum atomic E-state index is -3.90. The van der Waals surface area contributed by atoms with Gasteiger partial charge in [0.15, 0.2) is 0 Å². The molecule has 0 bridgehead atoms. The van der Waals surface area contributed by atoms with Gasteiger partial charge in [0.2, 0.25) is 33.7 Å². The molecule has 19 nitrogen and oxygen atoms in total. The summed E-state index contributed by atoms with van der Waals surface area (Å²) in [6.07, 6.45) is 8.42.